The molecule has 0 aromatic heterocycles. The van der Waals surface area contributed by atoms with Crippen molar-refractivity contribution in [1.29, 1.82) is 0 Å². The monoisotopic (exact) mass is 201 g/mol. The molecule has 2 N–H and O–H groups in total. The lowest BCUT2D eigenvalue weighted by molar-refractivity contribution is -0.149. The summed E-state index contributed by atoms with van der Waals surface area (Å²) in [6.07, 6.45) is 2.36. The molecule has 3 heteroatoms. The molecule has 0 spiro atoms. The molecule has 84 valence electrons. The third-order valence-electron chi connectivity index (χ3n) is 2.71. The second-order valence-electron chi connectivity index (χ2n) is 4.22. The summed E-state index contributed by atoms with van der Waals surface area (Å²) >= 11 is 0. The third kappa shape index (κ3) is 3.66. The Balaban J connectivity index is 4.41. The number of hydrogen-bond acceptors (Lipinski definition) is 2. The van der Waals surface area contributed by atoms with Gasteiger partial charge in [-0.05, 0) is 12.8 Å². The lowest BCUT2D eigenvalue weighted by Gasteiger charge is -2.29. The summed E-state index contributed by atoms with van der Waals surface area (Å²) in [5.74, 6) is -0.671. The van der Waals surface area contributed by atoms with Gasteiger partial charge < -0.3 is 10.4 Å². The van der Waals surface area contributed by atoms with Gasteiger partial charge in [0.2, 0.25) is 0 Å². The minimum absolute atomic E-state index is 0.345. The zero-order valence-electron chi connectivity index (χ0n) is 9.76. The van der Waals surface area contributed by atoms with Crippen LogP contribution in [-0.4, -0.2) is 23.7 Å². The van der Waals surface area contributed by atoms with Crippen molar-refractivity contribution in [2.24, 2.45) is 5.41 Å². The molecule has 0 aromatic carbocycles. The number of carbonyl (C=O) groups is 1. The average molecular weight is 201 g/mol. The first-order valence-electron chi connectivity index (χ1n) is 5.45. The molecule has 14 heavy (non-hydrogen) atoms. The SMILES string of the molecule is CCCC(CC)(CNC(C)C)C(=O)O. The molecule has 0 aliphatic carbocycles. The molecule has 3 nitrogen and oxygen atoms in total. The van der Waals surface area contributed by atoms with Crippen LogP contribution in [0.1, 0.15) is 47.0 Å². The smallest absolute Gasteiger partial charge is 0.310 e. The largest absolute Gasteiger partial charge is 0.481 e. The molecule has 0 rings (SSSR count). The van der Waals surface area contributed by atoms with Gasteiger partial charge in [-0.25, -0.2) is 0 Å². The molecule has 0 radical (unpaired) electrons. The third-order valence-corrected chi connectivity index (χ3v) is 2.71. The summed E-state index contributed by atoms with van der Waals surface area (Å²) in [5, 5.41) is 12.5. The van der Waals surface area contributed by atoms with Gasteiger partial charge in [0.05, 0.1) is 5.41 Å². The molecule has 0 aromatic rings. The van der Waals surface area contributed by atoms with Crippen LogP contribution in [0.25, 0.3) is 0 Å². The lowest BCUT2D eigenvalue weighted by atomic mass is 9.80. The Morgan fingerprint density at radius 2 is 2.00 bits per heavy atom. The highest BCUT2D eigenvalue weighted by atomic mass is 16.4. The maximum atomic E-state index is 11.2. The van der Waals surface area contributed by atoms with Crippen molar-refractivity contribution in [3.63, 3.8) is 0 Å². The van der Waals surface area contributed by atoms with Crippen LogP contribution in [0.5, 0.6) is 0 Å². The molecule has 0 saturated carbocycles. The predicted octanol–water partition coefficient (Wildman–Crippen LogP) is 2.27. The first-order chi connectivity index (χ1) is 6.48. The molecular weight excluding hydrogens is 178 g/mol. The molecule has 0 fully saturated rings. The Hall–Kier alpha value is -0.570. The fourth-order valence-corrected chi connectivity index (χ4v) is 1.60. The maximum absolute atomic E-state index is 11.2. The number of aliphatic carboxylic acids is 1. The van der Waals surface area contributed by atoms with Gasteiger partial charge in [-0.3, -0.25) is 4.79 Å². The first-order valence-corrected chi connectivity index (χ1v) is 5.45. The fraction of sp³-hybridized carbons (Fsp3) is 0.909. The highest BCUT2D eigenvalue weighted by molar-refractivity contribution is 5.74. The van der Waals surface area contributed by atoms with Crippen molar-refractivity contribution in [3.8, 4) is 0 Å². The van der Waals surface area contributed by atoms with E-state index in [1.54, 1.807) is 0 Å². The second-order valence-corrected chi connectivity index (χ2v) is 4.22. The van der Waals surface area contributed by atoms with Crippen LogP contribution in [-0.2, 0) is 4.79 Å². The number of hydrogen-bond donors (Lipinski definition) is 2. The van der Waals surface area contributed by atoms with Gasteiger partial charge in [-0.1, -0.05) is 34.1 Å². The van der Waals surface area contributed by atoms with E-state index in [2.05, 4.69) is 5.32 Å². The van der Waals surface area contributed by atoms with Gasteiger partial charge in [0.15, 0.2) is 0 Å². The average Bonchev–Trinajstić information content (AvgIpc) is 2.11. The van der Waals surface area contributed by atoms with Gasteiger partial charge in [-0.2, -0.15) is 0 Å². The van der Waals surface area contributed by atoms with E-state index in [1.807, 2.05) is 27.7 Å². The molecule has 1 unspecified atom stereocenters. The first kappa shape index (κ1) is 13.4. The summed E-state index contributed by atoms with van der Waals surface area (Å²) in [6.45, 7) is 8.63. The minimum Gasteiger partial charge on any atom is -0.481 e. The summed E-state index contributed by atoms with van der Waals surface area (Å²) in [5.41, 5.74) is -0.570. The van der Waals surface area contributed by atoms with Crippen LogP contribution in [0.15, 0.2) is 0 Å². The molecule has 0 aliphatic rings. The van der Waals surface area contributed by atoms with E-state index in [4.69, 9.17) is 0 Å². The quantitative estimate of drug-likeness (QED) is 0.664. The fourth-order valence-electron chi connectivity index (χ4n) is 1.60. The summed E-state index contributed by atoms with van der Waals surface area (Å²) in [7, 11) is 0. The van der Waals surface area contributed by atoms with E-state index >= 15 is 0 Å². The molecule has 0 saturated heterocycles. The van der Waals surface area contributed by atoms with Gasteiger partial charge >= 0.3 is 5.97 Å². The zero-order chi connectivity index (χ0) is 11.2. The van der Waals surface area contributed by atoms with Crippen molar-refractivity contribution in [1.82, 2.24) is 5.32 Å². The normalized spacial score (nSPS) is 15.5. The summed E-state index contributed by atoms with van der Waals surface area (Å²) < 4.78 is 0. The van der Waals surface area contributed by atoms with Gasteiger partial charge in [0.1, 0.15) is 0 Å². The van der Waals surface area contributed by atoms with Crippen LogP contribution < -0.4 is 5.32 Å². The van der Waals surface area contributed by atoms with Gasteiger partial charge in [0.25, 0.3) is 0 Å². The zero-order valence-corrected chi connectivity index (χ0v) is 9.76. The highest BCUT2D eigenvalue weighted by Gasteiger charge is 2.35. The van der Waals surface area contributed by atoms with E-state index in [1.165, 1.54) is 0 Å². The minimum atomic E-state index is -0.671. The number of carboxylic acid groups (broad SMARTS) is 1. The number of nitrogens with one attached hydrogen (secondary N) is 1. The molecule has 0 bridgehead atoms. The topological polar surface area (TPSA) is 49.3 Å². The molecule has 1 atom stereocenters. The van der Waals surface area contributed by atoms with Crippen molar-refractivity contribution >= 4 is 5.97 Å². The maximum Gasteiger partial charge on any atom is 0.310 e. The van der Waals surface area contributed by atoms with Crippen molar-refractivity contribution in [3.05, 3.63) is 0 Å². The molecule has 0 heterocycles. The van der Waals surface area contributed by atoms with E-state index in [0.717, 1.165) is 12.8 Å². The molecule has 0 aliphatic heterocycles. The Bertz CT molecular complexity index is 180. The second kappa shape index (κ2) is 6.02. The number of carboxylic acids is 1. The molecule has 0 amide bonds. The van der Waals surface area contributed by atoms with Gasteiger partial charge in [0, 0.05) is 12.6 Å². The standard InChI is InChI=1S/C11H23NO2/c1-5-7-11(6-2,10(13)14)8-12-9(3)4/h9,12H,5-8H2,1-4H3,(H,13,14). The Morgan fingerprint density at radius 3 is 2.29 bits per heavy atom. The predicted molar refractivity (Wildman–Crippen MR) is 58.4 cm³/mol. The van der Waals surface area contributed by atoms with E-state index in [0.29, 0.717) is 19.0 Å². The van der Waals surface area contributed by atoms with Gasteiger partial charge in [-0.15, -0.1) is 0 Å². The molecular formula is C11H23NO2. The van der Waals surface area contributed by atoms with E-state index in [9.17, 15) is 9.90 Å². The Labute approximate surface area is 86.9 Å². The van der Waals surface area contributed by atoms with Crippen LogP contribution >= 0.6 is 0 Å². The highest BCUT2D eigenvalue weighted by Crippen LogP contribution is 2.27. The van der Waals surface area contributed by atoms with Crippen molar-refractivity contribution in [2.75, 3.05) is 6.54 Å². The Kier molecular flexibility index (Phi) is 5.77. The Morgan fingerprint density at radius 1 is 1.43 bits per heavy atom. The van der Waals surface area contributed by atoms with E-state index < -0.39 is 11.4 Å². The van der Waals surface area contributed by atoms with Crippen LogP contribution in [0.4, 0.5) is 0 Å². The summed E-state index contributed by atoms with van der Waals surface area (Å²) in [4.78, 5) is 11.2. The summed E-state index contributed by atoms with van der Waals surface area (Å²) in [6, 6.07) is 0.345. The number of rotatable bonds is 7. The van der Waals surface area contributed by atoms with Crippen LogP contribution in [0, 0.1) is 5.41 Å². The van der Waals surface area contributed by atoms with Crippen molar-refractivity contribution < 1.29 is 9.90 Å². The van der Waals surface area contributed by atoms with E-state index in [-0.39, 0.29) is 0 Å². The van der Waals surface area contributed by atoms with Crippen LogP contribution in [0.2, 0.25) is 0 Å². The van der Waals surface area contributed by atoms with Crippen molar-refractivity contribution in [2.45, 2.75) is 53.0 Å². The van der Waals surface area contributed by atoms with Crippen LogP contribution in [0.3, 0.4) is 0 Å². The lowest BCUT2D eigenvalue weighted by Crippen LogP contribution is -2.42.